The zero-order valence-electron chi connectivity index (χ0n) is 10.0. The summed E-state index contributed by atoms with van der Waals surface area (Å²) in [7, 11) is 1.43. The van der Waals surface area contributed by atoms with E-state index in [2.05, 4.69) is 0 Å². The van der Waals surface area contributed by atoms with Gasteiger partial charge in [-0.1, -0.05) is 12.2 Å². The molecule has 0 aromatic heterocycles. The van der Waals surface area contributed by atoms with Crippen LogP contribution in [0.25, 0.3) is 0 Å². The van der Waals surface area contributed by atoms with Crippen LogP contribution in [0.3, 0.4) is 0 Å². The molecule has 1 aromatic carbocycles. The smallest absolute Gasteiger partial charge is 0.200 e. The highest BCUT2D eigenvalue weighted by Gasteiger charge is 2.18. The van der Waals surface area contributed by atoms with Gasteiger partial charge in [-0.3, -0.25) is 0 Å². The second-order valence-electron chi connectivity index (χ2n) is 3.95. The topological polar surface area (TPSA) is 62.2 Å². The van der Waals surface area contributed by atoms with Gasteiger partial charge in [-0.15, -0.1) is 0 Å². The number of hydrogen-bond acceptors (Lipinski definition) is 5. The lowest BCUT2D eigenvalue weighted by atomic mass is 10.1. The first kappa shape index (κ1) is 12.9. The fraction of sp³-hybridized carbons (Fsp3) is 0.417. The molecular formula is C12H15NO4S. The van der Waals surface area contributed by atoms with Crippen molar-refractivity contribution >= 4 is 17.2 Å². The van der Waals surface area contributed by atoms with Gasteiger partial charge >= 0.3 is 0 Å². The van der Waals surface area contributed by atoms with E-state index in [9.17, 15) is 10.2 Å². The maximum Gasteiger partial charge on any atom is 0.200 e. The maximum absolute atomic E-state index is 9.63. The molecule has 0 amide bonds. The highest BCUT2D eigenvalue weighted by molar-refractivity contribution is 7.80. The van der Waals surface area contributed by atoms with Crippen LogP contribution in [0.15, 0.2) is 12.1 Å². The Morgan fingerprint density at radius 2 is 2.00 bits per heavy atom. The molecule has 0 spiro atoms. The molecule has 1 aromatic rings. The molecule has 1 fully saturated rings. The molecule has 2 rings (SSSR count). The van der Waals surface area contributed by atoms with Gasteiger partial charge < -0.3 is 24.6 Å². The Hall–Kier alpha value is -1.53. The van der Waals surface area contributed by atoms with Gasteiger partial charge in [-0.05, 0) is 12.1 Å². The maximum atomic E-state index is 9.63. The van der Waals surface area contributed by atoms with Crippen molar-refractivity contribution in [2.45, 2.75) is 0 Å². The molecule has 5 nitrogen and oxygen atoms in total. The molecule has 0 radical (unpaired) electrons. The minimum atomic E-state index is -0.272. The molecule has 18 heavy (non-hydrogen) atoms. The van der Waals surface area contributed by atoms with Crippen LogP contribution in [0, 0.1) is 0 Å². The predicted octanol–water partition coefficient (Wildman–Crippen LogP) is 1.11. The Bertz CT molecular complexity index is 458. The number of methoxy groups -OCH3 is 1. The molecule has 0 unspecified atom stereocenters. The van der Waals surface area contributed by atoms with Crippen LogP contribution >= 0.6 is 12.2 Å². The lowest BCUT2D eigenvalue weighted by Crippen LogP contribution is -2.40. The second kappa shape index (κ2) is 5.41. The number of aromatic hydroxyl groups is 2. The van der Waals surface area contributed by atoms with Crippen molar-refractivity contribution in [1.82, 2.24) is 4.90 Å². The molecule has 1 aliphatic heterocycles. The monoisotopic (exact) mass is 269 g/mol. The van der Waals surface area contributed by atoms with Gasteiger partial charge in [0.2, 0.25) is 5.75 Å². The molecule has 2 N–H and O–H groups in total. The number of hydrogen-bond donors (Lipinski definition) is 2. The van der Waals surface area contributed by atoms with Gasteiger partial charge in [0.25, 0.3) is 0 Å². The number of nitrogens with zero attached hydrogens (tertiary/aromatic N) is 1. The Kier molecular flexibility index (Phi) is 3.88. The molecule has 1 aliphatic rings. The van der Waals surface area contributed by atoms with Gasteiger partial charge in [-0.2, -0.15) is 0 Å². The summed E-state index contributed by atoms with van der Waals surface area (Å²) in [4.78, 5) is 2.62. The number of phenolic OH excluding ortho intramolecular Hbond substituents is 2. The van der Waals surface area contributed by atoms with Crippen LogP contribution in [0.1, 0.15) is 5.56 Å². The molecule has 0 atom stereocenters. The lowest BCUT2D eigenvalue weighted by Gasteiger charge is -2.29. The quantitative estimate of drug-likeness (QED) is 0.619. The van der Waals surface area contributed by atoms with Crippen molar-refractivity contribution in [3.8, 4) is 17.2 Å². The van der Waals surface area contributed by atoms with E-state index in [-0.39, 0.29) is 17.2 Å². The van der Waals surface area contributed by atoms with E-state index < -0.39 is 0 Å². The number of phenols is 2. The SMILES string of the molecule is COc1cc(C(=S)N2CCOCC2)cc(O)c1O. The number of morpholine rings is 1. The molecule has 1 heterocycles. The summed E-state index contributed by atoms with van der Waals surface area (Å²) in [6.07, 6.45) is 0. The van der Waals surface area contributed by atoms with E-state index in [0.717, 1.165) is 13.1 Å². The van der Waals surface area contributed by atoms with Crippen molar-refractivity contribution < 1.29 is 19.7 Å². The van der Waals surface area contributed by atoms with E-state index in [1.165, 1.54) is 13.2 Å². The van der Waals surface area contributed by atoms with Crippen LogP contribution < -0.4 is 4.74 Å². The van der Waals surface area contributed by atoms with E-state index >= 15 is 0 Å². The Balaban J connectivity index is 2.27. The average Bonchev–Trinajstić information content (AvgIpc) is 2.42. The minimum Gasteiger partial charge on any atom is -0.504 e. The van der Waals surface area contributed by atoms with Crippen molar-refractivity contribution in [3.63, 3.8) is 0 Å². The van der Waals surface area contributed by atoms with Crippen LogP contribution in [0.4, 0.5) is 0 Å². The fourth-order valence-corrected chi connectivity index (χ4v) is 2.12. The fourth-order valence-electron chi connectivity index (χ4n) is 1.82. The van der Waals surface area contributed by atoms with Crippen LogP contribution in [0.5, 0.6) is 17.2 Å². The minimum absolute atomic E-state index is 0.209. The first-order valence-corrected chi connectivity index (χ1v) is 6.01. The number of ether oxygens (including phenoxy) is 2. The van der Waals surface area contributed by atoms with Gasteiger partial charge in [0.1, 0.15) is 4.99 Å². The zero-order valence-corrected chi connectivity index (χ0v) is 10.9. The average molecular weight is 269 g/mol. The molecular weight excluding hydrogens is 254 g/mol. The summed E-state index contributed by atoms with van der Waals surface area (Å²) < 4.78 is 10.2. The van der Waals surface area contributed by atoms with Gasteiger partial charge in [0.15, 0.2) is 11.5 Å². The number of thiocarbonyl (C=S) groups is 1. The summed E-state index contributed by atoms with van der Waals surface area (Å²) >= 11 is 5.37. The summed E-state index contributed by atoms with van der Waals surface area (Å²) in [5.74, 6) is -0.299. The van der Waals surface area contributed by atoms with Crippen LogP contribution in [-0.4, -0.2) is 53.5 Å². The third-order valence-corrected chi connectivity index (χ3v) is 3.31. The summed E-state index contributed by atoms with van der Waals surface area (Å²) in [6.45, 7) is 2.73. The van der Waals surface area contributed by atoms with Gasteiger partial charge in [0.05, 0.1) is 20.3 Å². The molecule has 0 bridgehead atoms. The summed E-state index contributed by atoms with van der Waals surface area (Å²) in [5, 5.41) is 19.2. The van der Waals surface area contributed by atoms with E-state index in [1.54, 1.807) is 6.07 Å². The standard InChI is InChI=1S/C12H15NO4S/c1-16-10-7-8(6-9(14)11(10)15)12(18)13-2-4-17-5-3-13/h6-7,14-15H,2-5H2,1H3. The largest absolute Gasteiger partial charge is 0.504 e. The third-order valence-electron chi connectivity index (χ3n) is 2.82. The van der Waals surface area contributed by atoms with Crippen molar-refractivity contribution in [3.05, 3.63) is 17.7 Å². The van der Waals surface area contributed by atoms with Crippen molar-refractivity contribution in [2.24, 2.45) is 0 Å². The highest BCUT2D eigenvalue weighted by Crippen LogP contribution is 2.36. The number of benzene rings is 1. The summed E-state index contributed by atoms with van der Waals surface area (Å²) in [5.41, 5.74) is 0.652. The Labute approximate surface area is 111 Å². The third kappa shape index (κ3) is 2.49. The molecule has 0 aliphatic carbocycles. The number of rotatable bonds is 2. The second-order valence-corrected chi connectivity index (χ2v) is 4.34. The Morgan fingerprint density at radius 1 is 1.33 bits per heavy atom. The summed E-state index contributed by atoms with van der Waals surface area (Å²) in [6, 6.07) is 3.06. The first-order chi connectivity index (χ1) is 8.63. The van der Waals surface area contributed by atoms with Crippen molar-refractivity contribution in [2.75, 3.05) is 33.4 Å². The molecule has 98 valence electrons. The highest BCUT2D eigenvalue weighted by atomic mass is 32.1. The van der Waals surface area contributed by atoms with E-state index in [1.807, 2.05) is 4.90 Å². The van der Waals surface area contributed by atoms with Gasteiger partial charge in [-0.25, -0.2) is 0 Å². The van der Waals surface area contributed by atoms with E-state index in [4.69, 9.17) is 21.7 Å². The predicted molar refractivity (Wildman–Crippen MR) is 70.4 cm³/mol. The van der Waals surface area contributed by atoms with Crippen molar-refractivity contribution in [1.29, 1.82) is 0 Å². The zero-order chi connectivity index (χ0) is 13.1. The van der Waals surface area contributed by atoms with Gasteiger partial charge in [0, 0.05) is 18.7 Å². The Morgan fingerprint density at radius 3 is 2.61 bits per heavy atom. The van der Waals surface area contributed by atoms with Crippen LogP contribution in [-0.2, 0) is 4.74 Å². The molecule has 1 saturated heterocycles. The van der Waals surface area contributed by atoms with E-state index in [0.29, 0.717) is 23.8 Å². The normalized spacial score (nSPS) is 15.5. The van der Waals surface area contributed by atoms with Crippen LogP contribution in [0.2, 0.25) is 0 Å². The molecule has 6 heteroatoms. The lowest BCUT2D eigenvalue weighted by molar-refractivity contribution is 0.0693. The molecule has 0 saturated carbocycles. The first-order valence-electron chi connectivity index (χ1n) is 5.60.